The number of hydrogen-bond acceptors (Lipinski definition) is 6. The Morgan fingerprint density at radius 3 is 2.42 bits per heavy atom. The molecule has 0 unspecified atom stereocenters. The summed E-state index contributed by atoms with van der Waals surface area (Å²) in [7, 11) is 3.14. The van der Waals surface area contributed by atoms with Crippen LogP contribution in [0, 0.1) is 0 Å². The van der Waals surface area contributed by atoms with Crippen LogP contribution in [-0.2, 0) is 4.79 Å². The summed E-state index contributed by atoms with van der Waals surface area (Å²) in [5.74, 6) is 0.348. The van der Waals surface area contributed by atoms with E-state index < -0.39 is 5.97 Å². The number of carboxylic acids is 1. The standard InChI is InChI=1S/C25H25NO6S/c1-13(2)32-18-10-7-15(11-19(18)31-4)17-12-20(27)26-22-21(24(25(28)29)33-23(17)22)14-5-8-16(30-3)9-6-14/h5-11,13,17H,12H2,1-4H3,(H,26,27)(H,28,29)/t17-/m0/s1. The highest BCUT2D eigenvalue weighted by molar-refractivity contribution is 7.15. The van der Waals surface area contributed by atoms with Gasteiger partial charge in [-0.3, -0.25) is 4.79 Å². The van der Waals surface area contributed by atoms with E-state index in [1.165, 1.54) is 11.3 Å². The van der Waals surface area contributed by atoms with Gasteiger partial charge in [0, 0.05) is 22.8 Å². The second kappa shape index (κ2) is 9.15. The van der Waals surface area contributed by atoms with E-state index in [0.29, 0.717) is 34.1 Å². The fraction of sp³-hybridized carbons (Fsp3) is 0.280. The maximum absolute atomic E-state index is 12.7. The number of hydrogen-bond donors (Lipinski definition) is 2. The molecule has 0 aliphatic carbocycles. The lowest BCUT2D eigenvalue weighted by atomic mass is 9.88. The van der Waals surface area contributed by atoms with Crippen molar-refractivity contribution in [2.75, 3.05) is 19.5 Å². The zero-order valence-corrected chi connectivity index (χ0v) is 19.6. The number of fused-ring (bicyclic) bond motifs is 1. The van der Waals surface area contributed by atoms with Gasteiger partial charge in [0.15, 0.2) is 11.5 Å². The van der Waals surface area contributed by atoms with Crippen molar-refractivity contribution in [3.8, 4) is 28.4 Å². The highest BCUT2D eigenvalue weighted by Crippen LogP contribution is 2.50. The second-order valence-corrected chi connectivity index (χ2v) is 9.01. The van der Waals surface area contributed by atoms with E-state index in [1.54, 1.807) is 38.5 Å². The van der Waals surface area contributed by atoms with E-state index in [1.807, 2.05) is 32.0 Å². The zero-order valence-electron chi connectivity index (χ0n) is 18.8. The van der Waals surface area contributed by atoms with Crippen LogP contribution in [0.4, 0.5) is 5.69 Å². The summed E-state index contributed by atoms with van der Waals surface area (Å²) in [5.41, 5.74) is 2.61. The molecule has 0 spiro atoms. The number of ether oxygens (including phenoxy) is 3. The summed E-state index contributed by atoms with van der Waals surface area (Å²) >= 11 is 1.19. The largest absolute Gasteiger partial charge is 0.497 e. The van der Waals surface area contributed by atoms with Crippen molar-refractivity contribution < 1.29 is 28.9 Å². The lowest BCUT2D eigenvalue weighted by molar-refractivity contribution is -0.116. The molecule has 172 valence electrons. The number of thiophene rings is 1. The number of benzene rings is 2. The van der Waals surface area contributed by atoms with Gasteiger partial charge < -0.3 is 24.6 Å². The molecule has 7 nitrogen and oxygen atoms in total. The smallest absolute Gasteiger partial charge is 0.346 e. The minimum Gasteiger partial charge on any atom is -0.497 e. The van der Waals surface area contributed by atoms with Gasteiger partial charge in [-0.15, -0.1) is 11.3 Å². The van der Waals surface area contributed by atoms with Crippen LogP contribution in [0.5, 0.6) is 17.2 Å². The van der Waals surface area contributed by atoms with E-state index >= 15 is 0 Å². The third-order valence-electron chi connectivity index (χ3n) is 5.43. The summed E-state index contributed by atoms with van der Waals surface area (Å²) in [6.45, 7) is 3.87. The van der Waals surface area contributed by atoms with Gasteiger partial charge in [0.1, 0.15) is 10.6 Å². The third-order valence-corrected chi connectivity index (χ3v) is 6.72. The highest BCUT2D eigenvalue weighted by atomic mass is 32.1. The van der Waals surface area contributed by atoms with Crippen LogP contribution in [0.1, 0.15) is 46.3 Å². The van der Waals surface area contributed by atoms with Crippen molar-refractivity contribution in [2.45, 2.75) is 32.3 Å². The third kappa shape index (κ3) is 4.39. The van der Waals surface area contributed by atoms with Gasteiger partial charge in [-0.25, -0.2) is 4.79 Å². The predicted octanol–water partition coefficient (Wildman–Crippen LogP) is 5.39. The summed E-state index contributed by atoms with van der Waals surface area (Å²) < 4.78 is 16.6. The molecule has 0 fully saturated rings. The van der Waals surface area contributed by atoms with E-state index in [-0.39, 0.29) is 29.2 Å². The molecule has 33 heavy (non-hydrogen) atoms. The Morgan fingerprint density at radius 1 is 1.09 bits per heavy atom. The molecular weight excluding hydrogens is 442 g/mol. The molecule has 0 bridgehead atoms. The molecule has 0 saturated carbocycles. The predicted molar refractivity (Wildman–Crippen MR) is 127 cm³/mol. The second-order valence-electron chi connectivity index (χ2n) is 7.96. The van der Waals surface area contributed by atoms with Gasteiger partial charge in [-0.05, 0) is 49.2 Å². The zero-order chi connectivity index (χ0) is 23.7. The number of carboxylic acid groups (broad SMARTS) is 1. The molecular formula is C25H25NO6S. The number of anilines is 1. The van der Waals surface area contributed by atoms with Gasteiger partial charge in [-0.2, -0.15) is 0 Å². The first-order valence-electron chi connectivity index (χ1n) is 10.5. The minimum atomic E-state index is -1.04. The fourth-order valence-electron chi connectivity index (χ4n) is 3.99. The maximum Gasteiger partial charge on any atom is 0.346 e. The monoisotopic (exact) mass is 467 g/mol. The molecule has 2 heterocycles. The number of carbonyl (C=O) groups is 2. The Bertz CT molecular complexity index is 1200. The molecule has 2 aromatic carbocycles. The summed E-state index contributed by atoms with van der Waals surface area (Å²) in [4.78, 5) is 25.8. The van der Waals surface area contributed by atoms with E-state index in [4.69, 9.17) is 14.2 Å². The molecule has 1 atom stereocenters. The maximum atomic E-state index is 12.7. The molecule has 4 rings (SSSR count). The van der Waals surface area contributed by atoms with Gasteiger partial charge in [0.2, 0.25) is 5.91 Å². The number of methoxy groups -OCH3 is 2. The van der Waals surface area contributed by atoms with E-state index in [0.717, 1.165) is 10.4 Å². The van der Waals surface area contributed by atoms with Crippen LogP contribution in [0.3, 0.4) is 0 Å². The summed E-state index contributed by atoms with van der Waals surface area (Å²) in [6.07, 6.45) is 0.196. The molecule has 1 aromatic heterocycles. The van der Waals surface area contributed by atoms with Crippen molar-refractivity contribution in [3.63, 3.8) is 0 Å². The van der Waals surface area contributed by atoms with Gasteiger partial charge >= 0.3 is 5.97 Å². The molecule has 0 saturated heterocycles. The highest BCUT2D eigenvalue weighted by Gasteiger charge is 2.34. The first-order chi connectivity index (χ1) is 15.8. The molecule has 2 N–H and O–H groups in total. The first-order valence-corrected chi connectivity index (χ1v) is 11.3. The minimum absolute atomic E-state index is 0.0145. The molecule has 0 radical (unpaired) electrons. The first kappa shape index (κ1) is 22.7. The van der Waals surface area contributed by atoms with Crippen LogP contribution in [0.2, 0.25) is 0 Å². The van der Waals surface area contributed by atoms with Crippen LogP contribution in [0.25, 0.3) is 11.1 Å². The Kier molecular flexibility index (Phi) is 6.29. The number of rotatable bonds is 7. The van der Waals surface area contributed by atoms with E-state index in [9.17, 15) is 14.7 Å². The summed E-state index contributed by atoms with van der Waals surface area (Å²) in [5, 5.41) is 12.9. The Morgan fingerprint density at radius 2 is 1.82 bits per heavy atom. The molecule has 3 aromatic rings. The SMILES string of the molecule is COc1ccc(-c2c(C(=O)O)sc3c2NC(=O)C[C@H]3c2ccc(OC(C)C)c(OC)c2)cc1. The van der Waals surface area contributed by atoms with Gasteiger partial charge in [-0.1, -0.05) is 18.2 Å². The van der Waals surface area contributed by atoms with Gasteiger partial charge in [0.25, 0.3) is 0 Å². The lowest BCUT2D eigenvalue weighted by Gasteiger charge is -2.25. The normalized spacial score (nSPS) is 15.1. The number of carbonyl (C=O) groups excluding carboxylic acids is 1. The Hall–Kier alpha value is -3.52. The van der Waals surface area contributed by atoms with Crippen molar-refractivity contribution in [3.05, 3.63) is 57.8 Å². The Balaban J connectivity index is 1.84. The van der Waals surface area contributed by atoms with Crippen LogP contribution in [0.15, 0.2) is 42.5 Å². The lowest BCUT2D eigenvalue weighted by Crippen LogP contribution is -2.22. The quantitative estimate of drug-likeness (QED) is 0.484. The van der Waals surface area contributed by atoms with Crippen molar-refractivity contribution in [1.82, 2.24) is 0 Å². The molecule has 1 aliphatic rings. The molecule has 1 amide bonds. The van der Waals surface area contributed by atoms with Gasteiger partial charge in [0.05, 0.1) is 26.0 Å². The van der Waals surface area contributed by atoms with Crippen molar-refractivity contribution in [1.29, 1.82) is 0 Å². The average molecular weight is 468 g/mol. The van der Waals surface area contributed by atoms with Crippen molar-refractivity contribution >= 4 is 28.9 Å². The van der Waals surface area contributed by atoms with Crippen LogP contribution in [-0.4, -0.2) is 37.3 Å². The molecule has 8 heteroatoms. The van der Waals surface area contributed by atoms with Crippen LogP contribution < -0.4 is 19.5 Å². The number of aromatic carboxylic acids is 1. The molecule has 1 aliphatic heterocycles. The van der Waals surface area contributed by atoms with Crippen LogP contribution >= 0.6 is 11.3 Å². The fourth-order valence-corrected chi connectivity index (χ4v) is 5.24. The number of nitrogens with one attached hydrogen (secondary N) is 1. The average Bonchev–Trinajstić information content (AvgIpc) is 3.18. The summed E-state index contributed by atoms with van der Waals surface area (Å²) in [6, 6.07) is 12.7. The topological polar surface area (TPSA) is 94.1 Å². The Labute approximate surface area is 195 Å². The van der Waals surface area contributed by atoms with E-state index in [2.05, 4.69) is 5.32 Å². The van der Waals surface area contributed by atoms with Crippen molar-refractivity contribution in [2.24, 2.45) is 0 Å². The number of amides is 1.